The molecule has 0 aromatic carbocycles. The van der Waals surface area contributed by atoms with Crippen LogP contribution >= 0.6 is 0 Å². The first-order valence-corrected chi connectivity index (χ1v) is 8.12. The van der Waals surface area contributed by atoms with Crippen LogP contribution in [0.2, 0.25) is 0 Å². The number of carbonyl (C=O) groups is 1. The highest BCUT2D eigenvalue weighted by Gasteiger charge is 2.19. The van der Waals surface area contributed by atoms with E-state index in [4.69, 9.17) is 4.98 Å². The lowest BCUT2D eigenvalue weighted by Gasteiger charge is -2.26. The molecular formula is C19H21N5O. The molecule has 25 heavy (non-hydrogen) atoms. The van der Waals surface area contributed by atoms with Crippen LogP contribution in [0.1, 0.15) is 20.8 Å². The Morgan fingerprint density at radius 1 is 1.12 bits per heavy atom. The number of aromatic nitrogens is 3. The summed E-state index contributed by atoms with van der Waals surface area (Å²) in [7, 11) is 0. The number of hydrogen-bond acceptors (Lipinski definition) is 5. The molecule has 0 saturated carbocycles. The van der Waals surface area contributed by atoms with Crippen molar-refractivity contribution < 1.29 is 4.79 Å². The Morgan fingerprint density at radius 2 is 1.84 bits per heavy atom. The van der Waals surface area contributed by atoms with E-state index in [2.05, 4.69) is 20.6 Å². The first kappa shape index (κ1) is 16.8. The van der Waals surface area contributed by atoms with Crippen LogP contribution in [0.25, 0.3) is 22.0 Å². The summed E-state index contributed by atoms with van der Waals surface area (Å²) in [5, 5.41) is 8.30. The van der Waals surface area contributed by atoms with Crippen molar-refractivity contribution in [3.8, 4) is 11.3 Å². The highest BCUT2D eigenvalue weighted by atomic mass is 16.1. The molecule has 0 fully saturated rings. The predicted molar refractivity (Wildman–Crippen MR) is 99.2 cm³/mol. The van der Waals surface area contributed by atoms with Gasteiger partial charge in [-0.05, 0) is 38.1 Å². The summed E-state index contributed by atoms with van der Waals surface area (Å²) >= 11 is 0. The van der Waals surface area contributed by atoms with Gasteiger partial charge in [-0.15, -0.1) is 0 Å². The Balaban J connectivity index is 1.97. The maximum atomic E-state index is 11.4. The number of carbonyl (C=O) groups excluding carboxylic acids is 1. The third-order valence-electron chi connectivity index (χ3n) is 3.82. The fourth-order valence-corrected chi connectivity index (χ4v) is 2.73. The fourth-order valence-electron chi connectivity index (χ4n) is 2.73. The Hall–Kier alpha value is -3.02. The average molecular weight is 335 g/mol. The van der Waals surface area contributed by atoms with Gasteiger partial charge < -0.3 is 10.6 Å². The minimum Gasteiger partial charge on any atom is -0.367 e. The molecule has 0 atom stereocenters. The first-order chi connectivity index (χ1) is 11.9. The maximum absolute atomic E-state index is 11.4. The van der Waals surface area contributed by atoms with Gasteiger partial charge in [0.1, 0.15) is 5.82 Å². The van der Waals surface area contributed by atoms with Crippen LogP contribution in [-0.2, 0) is 4.79 Å². The van der Waals surface area contributed by atoms with Crippen LogP contribution in [0.15, 0.2) is 49.1 Å². The standard InChI is InChI=1S/C19H21N5O/c1-13(25)24-19(2,3)12-22-18-16-6-9-21-11-15(16)10-17(23-18)14-4-7-20-8-5-14/h4-11H,12H2,1-3H3,(H,22,23)(H,24,25). The first-order valence-electron chi connectivity index (χ1n) is 8.12. The van der Waals surface area contributed by atoms with Crippen molar-refractivity contribution in [2.45, 2.75) is 26.3 Å². The van der Waals surface area contributed by atoms with Gasteiger partial charge in [0.25, 0.3) is 0 Å². The molecule has 3 rings (SSSR count). The molecule has 3 aromatic rings. The highest BCUT2D eigenvalue weighted by molar-refractivity contribution is 5.94. The minimum atomic E-state index is -0.389. The van der Waals surface area contributed by atoms with Gasteiger partial charge in [-0.2, -0.15) is 0 Å². The zero-order chi connectivity index (χ0) is 17.9. The van der Waals surface area contributed by atoms with Crippen molar-refractivity contribution >= 4 is 22.5 Å². The van der Waals surface area contributed by atoms with E-state index >= 15 is 0 Å². The van der Waals surface area contributed by atoms with Gasteiger partial charge in [0.2, 0.25) is 5.91 Å². The molecule has 0 unspecified atom stereocenters. The van der Waals surface area contributed by atoms with E-state index in [1.54, 1.807) is 18.6 Å². The third-order valence-corrected chi connectivity index (χ3v) is 3.82. The predicted octanol–water partition coefficient (Wildman–Crippen LogP) is 3.02. The van der Waals surface area contributed by atoms with Gasteiger partial charge >= 0.3 is 0 Å². The van der Waals surface area contributed by atoms with E-state index in [0.717, 1.165) is 27.8 Å². The smallest absolute Gasteiger partial charge is 0.217 e. The monoisotopic (exact) mass is 335 g/mol. The second-order valence-electron chi connectivity index (χ2n) is 6.61. The number of hydrogen-bond donors (Lipinski definition) is 2. The molecule has 0 aliphatic heterocycles. The van der Waals surface area contributed by atoms with Crippen LogP contribution < -0.4 is 10.6 Å². The zero-order valence-corrected chi connectivity index (χ0v) is 14.6. The summed E-state index contributed by atoms with van der Waals surface area (Å²) < 4.78 is 0. The average Bonchev–Trinajstić information content (AvgIpc) is 2.59. The fraction of sp³-hybridized carbons (Fsp3) is 0.263. The number of rotatable bonds is 5. The number of nitrogens with one attached hydrogen (secondary N) is 2. The van der Waals surface area contributed by atoms with E-state index in [-0.39, 0.29) is 11.4 Å². The second-order valence-corrected chi connectivity index (χ2v) is 6.61. The van der Waals surface area contributed by atoms with Crippen molar-refractivity contribution in [2.75, 3.05) is 11.9 Å². The van der Waals surface area contributed by atoms with E-state index in [9.17, 15) is 4.79 Å². The van der Waals surface area contributed by atoms with E-state index in [0.29, 0.717) is 6.54 Å². The van der Waals surface area contributed by atoms with Crippen molar-refractivity contribution in [3.05, 3.63) is 49.1 Å². The number of pyridine rings is 3. The molecule has 1 amide bonds. The summed E-state index contributed by atoms with van der Waals surface area (Å²) in [6, 6.07) is 7.80. The SMILES string of the molecule is CC(=O)NC(C)(C)CNc1nc(-c2ccncc2)cc2cnccc12. The molecule has 0 saturated heterocycles. The van der Waals surface area contributed by atoms with Gasteiger partial charge in [0, 0.05) is 54.6 Å². The summed E-state index contributed by atoms with van der Waals surface area (Å²) in [6.07, 6.45) is 7.07. The summed E-state index contributed by atoms with van der Waals surface area (Å²) in [5.74, 6) is 0.712. The second kappa shape index (κ2) is 6.84. The molecule has 6 heteroatoms. The van der Waals surface area contributed by atoms with Crippen molar-refractivity contribution in [1.29, 1.82) is 0 Å². The molecule has 0 aliphatic carbocycles. The summed E-state index contributed by atoms with van der Waals surface area (Å²) in [6.45, 7) is 6.01. The van der Waals surface area contributed by atoms with E-state index in [1.807, 2.05) is 44.3 Å². The van der Waals surface area contributed by atoms with Crippen LogP contribution in [0.4, 0.5) is 5.82 Å². The topological polar surface area (TPSA) is 79.8 Å². The molecule has 0 spiro atoms. The van der Waals surface area contributed by atoms with Gasteiger partial charge in [0.15, 0.2) is 0 Å². The van der Waals surface area contributed by atoms with Gasteiger partial charge in [0.05, 0.1) is 11.2 Å². The Morgan fingerprint density at radius 3 is 2.56 bits per heavy atom. The number of amides is 1. The highest BCUT2D eigenvalue weighted by Crippen LogP contribution is 2.27. The lowest BCUT2D eigenvalue weighted by atomic mass is 10.1. The maximum Gasteiger partial charge on any atom is 0.217 e. The Kier molecular flexibility index (Phi) is 4.61. The quantitative estimate of drug-likeness (QED) is 0.749. The van der Waals surface area contributed by atoms with E-state index in [1.165, 1.54) is 6.92 Å². The van der Waals surface area contributed by atoms with Crippen molar-refractivity contribution in [3.63, 3.8) is 0 Å². The van der Waals surface area contributed by atoms with Gasteiger partial charge in [-0.3, -0.25) is 14.8 Å². The Labute approximate surface area is 146 Å². The Bertz CT molecular complexity index is 893. The number of fused-ring (bicyclic) bond motifs is 1. The summed E-state index contributed by atoms with van der Waals surface area (Å²) in [5.41, 5.74) is 1.45. The lowest BCUT2D eigenvalue weighted by Crippen LogP contribution is -2.47. The molecule has 3 heterocycles. The van der Waals surface area contributed by atoms with Gasteiger partial charge in [-0.1, -0.05) is 0 Å². The zero-order valence-electron chi connectivity index (χ0n) is 14.6. The molecule has 0 aliphatic rings. The van der Waals surface area contributed by atoms with E-state index < -0.39 is 0 Å². The number of nitrogens with zero attached hydrogens (tertiary/aromatic N) is 3. The van der Waals surface area contributed by atoms with Crippen LogP contribution in [-0.4, -0.2) is 32.9 Å². The van der Waals surface area contributed by atoms with Crippen molar-refractivity contribution in [1.82, 2.24) is 20.3 Å². The molecule has 2 N–H and O–H groups in total. The molecule has 3 aromatic heterocycles. The van der Waals surface area contributed by atoms with Crippen LogP contribution in [0.5, 0.6) is 0 Å². The molecular weight excluding hydrogens is 314 g/mol. The largest absolute Gasteiger partial charge is 0.367 e. The van der Waals surface area contributed by atoms with Crippen molar-refractivity contribution in [2.24, 2.45) is 0 Å². The van der Waals surface area contributed by atoms with Gasteiger partial charge in [-0.25, -0.2) is 4.98 Å². The van der Waals surface area contributed by atoms with Crippen LogP contribution in [0, 0.1) is 0 Å². The molecule has 0 bridgehead atoms. The lowest BCUT2D eigenvalue weighted by molar-refractivity contribution is -0.120. The molecule has 128 valence electrons. The summed E-state index contributed by atoms with van der Waals surface area (Å²) in [4.78, 5) is 24.4. The van der Waals surface area contributed by atoms with Crippen LogP contribution in [0.3, 0.4) is 0 Å². The minimum absolute atomic E-state index is 0.0562. The molecule has 6 nitrogen and oxygen atoms in total. The molecule has 0 radical (unpaired) electrons. The number of anilines is 1. The normalized spacial score (nSPS) is 11.3. The third kappa shape index (κ3) is 4.09.